The number of urea groups is 1. The molecule has 2 amide bonds. The summed E-state index contributed by atoms with van der Waals surface area (Å²) in [6, 6.07) is 15.9. The lowest BCUT2D eigenvalue weighted by atomic mass is 10.1. The number of nitrogens with zero attached hydrogens (tertiary/aromatic N) is 5. The van der Waals surface area contributed by atoms with E-state index >= 15 is 0 Å². The smallest absolute Gasteiger partial charge is 0.323 e. The number of H-pyrrole nitrogens is 1. The molecular weight excluding hydrogens is 499 g/mol. The third-order valence-electron chi connectivity index (χ3n) is 5.72. The lowest BCUT2D eigenvalue weighted by Gasteiger charge is -2.11. The van der Waals surface area contributed by atoms with Crippen molar-refractivity contribution in [3.8, 4) is 40.1 Å². The summed E-state index contributed by atoms with van der Waals surface area (Å²) in [4.78, 5) is 17.1. The summed E-state index contributed by atoms with van der Waals surface area (Å²) in [5.41, 5.74) is 3.46. The normalized spacial score (nSPS) is 10.7. The van der Waals surface area contributed by atoms with Crippen molar-refractivity contribution >= 4 is 17.4 Å². The molecule has 11 heteroatoms. The van der Waals surface area contributed by atoms with E-state index in [0.717, 1.165) is 5.56 Å². The molecule has 3 aromatic heterocycles. The Morgan fingerprint density at radius 3 is 2.64 bits per heavy atom. The molecule has 0 unspecified atom stereocenters. The Kier molecular flexibility index (Phi) is 7.00. The topological polar surface area (TPSA) is 134 Å². The van der Waals surface area contributed by atoms with Crippen molar-refractivity contribution in [2.45, 2.75) is 19.9 Å². The molecule has 0 aliphatic rings. The van der Waals surface area contributed by atoms with E-state index in [2.05, 4.69) is 37.0 Å². The van der Waals surface area contributed by atoms with Gasteiger partial charge in [0.15, 0.2) is 0 Å². The number of nitrogens with one attached hydrogen (secondary N) is 3. The Morgan fingerprint density at radius 1 is 1.08 bits per heavy atom. The van der Waals surface area contributed by atoms with Crippen LogP contribution in [0.3, 0.4) is 0 Å². The third kappa shape index (κ3) is 5.75. The minimum Gasteiger partial charge on any atom is -0.457 e. The number of carbonyl (C=O) groups is 1. The molecule has 39 heavy (non-hydrogen) atoms. The fourth-order valence-corrected chi connectivity index (χ4v) is 3.79. The second-order valence-electron chi connectivity index (χ2n) is 8.84. The van der Waals surface area contributed by atoms with Gasteiger partial charge in [0.1, 0.15) is 23.0 Å². The second kappa shape index (κ2) is 10.9. The van der Waals surface area contributed by atoms with Crippen molar-refractivity contribution in [3.63, 3.8) is 0 Å². The molecule has 0 radical (unpaired) electrons. The molecule has 0 aliphatic heterocycles. The number of carbonyl (C=O) groups excluding carboxylic acids is 1. The largest absolute Gasteiger partial charge is 0.457 e. The van der Waals surface area contributed by atoms with Crippen LogP contribution in [0.15, 0.2) is 79.4 Å². The maximum Gasteiger partial charge on any atom is 0.323 e. The number of halogens is 1. The Balaban J connectivity index is 1.30. The van der Waals surface area contributed by atoms with E-state index < -0.39 is 11.8 Å². The predicted octanol–water partition coefficient (Wildman–Crippen LogP) is 6.36. The zero-order chi connectivity index (χ0) is 27.4. The van der Waals surface area contributed by atoms with E-state index in [0.29, 0.717) is 34.0 Å². The molecule has 5 rings (SSSR count). The van der Waals surface area contributed by atoms with Crippen molar-refractivity contribution in [1.82, 2.24) is 25.0 Å². The number of benzene rings is 2. The molecule has 5 aromatic rings. The zero-order valence-corrected chi connectivity index (χ0v) is 21.0. The van der Waals surface area contributed by atoms with Gasteiger partial charge in [-0.25, -0.2) is 9.18 Å². The van der Waals surface area contributed by atoms with Crippen molar-refractivity contribution < 1.29 is 13.9 Å². The maximum absolute atomic E-state index is 14.9. The van der Waals surface area contributed by atoms with Crippen LogP contribution < -0.4 is 15.4 Å². The number of rotatable bonds is 7. The summed E-state index contributed by atoms with van der Waals surface area (Å²) in [7, 11) is 0. The number of ether oxygens (including phenoxy) is 1. The molecule has 0 atom stereocenters. The SMILES string of the molecule is CC(C)n1cc(NC(=O)Nc2ccc(Oc3ccnc(-c4cn[nH]c4)c3)cc2F)c(-c2cccc(C#N)c2)n1. The van der Waals surface area contributed by atoms with Crippen LogP contribution in [-0.4, -0.2) is 31.0 Å². The van der Waals surface area contributed by atoms with Gasteiger partial charge in [0.05, 0.1) is 34.9 Å². The monoisotopic (exact) mass is 522 g/mol. The van der Waals surface area contributed by atoms with E-state index in [9.17, 15) is 14.4 Å². The molecule has 3 heterocycles. The Labute approximate surface area is 223 Å². The highest BCUT2D eigenvalue weighted by molar-refractivity contribution is 6.02. The molecule has 0 spiro atoms. The van der Waals surface area contributed by atoms with Crippen molar-refractivity contribution in [1.29, 1.82) is 5.26 Å². The van der Waals surface area contributed by atoms with Crippen molar-refractivity contribution in [2.24, 2.45) is 0 Å². The van der Waals surface area contributed by atoms with Crippen LogP contribution >= 0.6 is 0 Å². The van der Waals surface area contributed by atoms with Gasteiger partial charge < -0.3 is 15.4 Å². The highest BCUT2D eigenvalue weighted by atomic mass is 19.1. The van der Waals surface area contributed by atoms with Gasteiger partial charge in [-0.15, -0.1) is 0 Å². The summed E-state index contributed by atoms with van der Waals surface area (Å²) in [6.45, 7) is 3.91. The van der Waals surface area contributed by atoms with E-state index in [1.165, 1.54) is 12.1 Å². The van der Waals surface area contributed by atoms with E-state index in [1.54, 1.807) is 71.9 Å². The Bertz CT molecular complexity index is 1670. The van der Waals surface area contributed by atoms with Crippen molar-refractivity contribution in [3.05, 3.63) is 90.8 Å². The van der Waals surface area contributed by atoms with Crippen LogP contribution in [0.2, 0.25) is 0 Å². The molecule has 3 N–H and O–H groups in total. The molecule has 0 bridgehead atoms. The first-order chi connectivity index (χ1) is 18.9. The van der Waals surface area contributed by atoms with Gasteiger partial charge in [-0.05, 0) is 44.2 Å². The first-order valence-corrected chi connectivity index (χ1v) is 12.0. The molecule has 10 nitrogen and oxygen atoms in total. The van der Waals surface area contributed by atoms with Gasteiger partial charge >= 0.3 is 6.03 Å². The number of aromatic nitrogens is 5. The minimum absolute atomic E-state index is 0.0297. The molecule has 194 valence electrons. The first-order valence-electron chi connectivity index (χ1n) is 12.0. The van der Waals surface area contributed by atoms with Gasteiger partial charge in [-0.3, -0.25) is 14.8 Å². The quantitative estimate of drug-likeness (QED) is 0.228. The molecule has 0 saturated heterocycles. The number of amides is 2. The third-order valence-corrected chi connectivity index (χ3v) is 5.72. The van der Waals surface area contributed by atoms with E-state index in [1.807, 2.05) is 13.8 Å². The summed E-state index contributed by atoms with van der Waals surface area (Å²) < 4.78 is 22.4. The van der Waals surface area contributed by atoms with Crippen molar-refractivity contribution in [2.75, 3.05) is 10.6 Å². The van der Waals surface area contributed by atoms with Gasteiger partial charge in [-0.1, -0.05) is 12.1 Å². The lowest BCUT2D eigenvalue weighted by Crippen LogP contribution is -2.20. The summed E-state index contributed by atoms with van der Waals surface area (Å²) in [5.74, 6) is 0.0430. The molecule has 2 aromatic carbocycles. The number of nitriles is 1. The zero-order valence-electron chi connectivity index (χ0n) is 21.0. The van der Waals surface area contributed by atoms with E-state index in [-0.39, 0.29) is 17.5 Å². The summed E-state index contributed by atoms with van der Waals surface area (Å²) in [5, 5.41) is 25.7. The standard InChI is InChI=1S/C28H23FN8O2/c1-17(2)37-16-26(27(36-37)19-5-3-4-18(10-19)13-30)35-28(38)34-24-7-6-21(11-23(24)29)39-22-8-9-31-25(12-22)20-14-32-33-15-20/h3-12,14-17H,1-2H3,(H,32,33)(H2,34,35,38). The van der Waals surface area contributed by atoms with Crippen LogP contribution in [0, 0.1) is 17.1 Å². The molecule has 0 saturated carbocycles. The Morgan fingerprint density at radius 2 is 1.90 bits per heavy atom. The van der Waals surface area contributed by atoms with Crippen LogP contribution in [0.5, 0.6) is 11.5 Å². The highest BCUT2D eigenvalue weighted by Crippen LogP contribution is 2.30. The number of pyridine rings is 1. The number of anilines is 2. The van der Waals surface area contributed by atoms with Gasteiger partial charge in [0, 0.05) is 47.9 Å². The highest BCUT2D eigenvalue weighted by Gasteiger charge is 2.17. The predicted molar refractivity (Wildman–Crippen MR) is 144 cm³/mol. The fourth-order valence-electron chi connectivity index (χ4n) is 3.79. The van der Waals surface area contributed by atoms with E-state index in [4.69, 9.17) is 4.74 Å². The minimum atomic E-state index is -0.674. The average Bonchev–Trinajstić information content (AvgIpc) is 3.61. The Hall–Kier alpha value is -5.50. The van der Waals surface area contributed by atoms with Crippen LogP contribution in [-0.2, 0) is 0 Å². The van der Waals surface area contributed by atoms with Crippen LogP contribution in [0.1, 0.15) is 25.5 Å². The van der Waals surface area contributed by atoms with Gasteiger partial charge in [-0.2, -0.15) is 15.5 Å². The molecule has 0 aliphatic carbocycles. The molecular formula is C28H23FN8O2. The fraction of sp³-hybridized carbons (Fsp3) is 0.107. The number of hydrogen-bond donors (Lipinski definition) is 3. The van der Waals surface area contributed by atoms with Crippen LogP contribution in [0.4, 0.5) is 20.6 Å². The number of aromatic amines is 1. The molecule has 0 fully saturated rings. The average molecular weight is 523 g/mol. The second-order valence-corrected chi connectivity index (χ2v) is 8.84. The van der Waals surface area contributed by atoms with Crippen LogP contribution in [0.25, 0.3) is 22.5 Å². The summed E-state index contributed by atoms with van der Waals surface area (Å²) in [6.07, 6.45) is 6.62. The lowest BCUT2D eigenvalue weighted by molar-refractivity contribution is 0.262. The van der Waals surface area contributed by atoms with Gasteiger partial charge in [0.25, 0.3) is 0 Å². The number of hydrogen-bond acceptors (Lipinski definition) is 6. The first kappa shape index (κ1) is 25.2. The van der Waals surface area contributed by atoms with Gasteiger partial charge in [0.2, 0.25) is 0 Å². The maximum atomic E-state index is 14.9. The summed E-state index contributed by atoms with van der Waals surface area (Å²) >= 11 is 0.